The highest BCUT2D eigenvalue weighted by Crippen LogP contribution is 2.24. The average Bonchev–Trinajstić information content (AvgIpc) is 2.30. The molecule has 0 saturated carbocycles. The summed E-state index contributed by atoms with van der Waals surface area (Å²) in [4.78, 5) is 4.28. The molecule has 0 atom stereocenters. The summed E-state index contributed by atoms with van der Waals surface area (Å²) in [6.07, 6.45) is 2.20. The van der Waals surface area contributed by atoms with Gasteiger partial charge in [-0.05, 0) is 39.8 Å². The van der Waals surface area contributed by atoms with Crippen molar-refractivity contribution < 1.29 is 4.74 Å². The Labute approximate surface area is 102 Å². The third kappa shape index (κ3) is 2.75. The zero-order valence-electron chi connectivity index (χ0n) is 10.3. The lowest BCUT2D eigenvalue weighted by molar-refractivity contribution is 0.161. The Hall–Kier alpha value is -1.60. The lowest BCUT2D eigenvalue weighted by atomic mass is 10.1. The Bertz CT molecular complexity index is 445. The van der Waals surface area contributed by atoms with Gasteiger partial charge in [-0.25, -0.2) is 0 Å². The molecule has 4 heteroatoms. The highest BCUT2D eigenvalue weighted by Gasteiger charge is 2.17. The standard InChI is InChI=1S/C13H17N3O/c1-9-7-13(12(8-14)10(2)16-9)17-11-3-5-15-6-4-11/h7,11,15H,3-6H2,1-2H3. The topological polar surface area (TPSA) is 57.9 Å². The maximum atomic E-state index is 9.14. The molecule has 1 N–H and O–H groups in total. The van der Waals surface area contributed by atoms with E-state index in [4.69, 9.17) is 10.00 Å². The minimum absolute atomic E-state index is 0.213. The van der Waals surface area contributed by atoms with Crippen LogP contribution in [-0.4, -0.2) is 24.2 Å². The number of pyridine rings is 1. The van der Waals surface area contributed by atoms with Gasteiger partial charge < -0.3 is 10.1 Å². The minimum Gasteiger partial charge on any atom is -0.489 e. The molecule has 4 nitrogen and oxygen atoms in total. The van der Waals surface area contributed by atoms with Crippen LogP contribution in [0.3, 0.4) is 0 Å². The van der Waals surface area contributed by atoms with Crippen LogP contribution < -0.4 is 10.1 Å². The molecule has 0 unspecified atom stereocenters. The van der Waals surface area contributed by atoms with Gasteiger partial charge in [-0.2, -0.15) is 5.26 Å². The molecule has 1 aromatic rings. The van der Waals surface area contributed by atoms with Crippen molar-refractivity contribution in [3.8, 4) is 11.8 Å². The van der Waals surface area contributed by atoms with Crippen molar-refractivity contribution in [1.82, 2.24) is 10.3 Å². The zero-order chi connectivity index (χ0) is 12.3. The van der Waals surface area contributed by atoms with Crippen molar-refractivity contribution in [2.24, 2.45) is 0 Å². The van der Waals surface area contributed by atoms with Gasteiger partial charge in [-0.1, -0.05) is 0 Å². The van der Waals surface area contributed by atoms with E-state index in [0.29, 0.717) is 11.3 Å². The average molecular weight is 231 g/mol. The molecule has 1 saturated heterocycles. The number of nitrogens with one attached hydrogen (secondary N) is 1. The minimum atomic E-state index is 0.213. The van der Waals surface area contributed by atoms with Crippen LogP contribution in [0.5, 0.6) is 5.75 Å². The van der Waals surface area contributed by atoms with Crippen LogP contribution in [0.15, 0.2) is 6.07 Å². The number of nitriles is 1. The molecular formula is C13H17N3O. The maximum absolute atomic E-state index is 9.14. The van der Waals surface area contributed by atoms with E-state index in [1.807, 2.05) is 19.9 Å². The number of piperidine rings is 1. The third-order valence-corrected chi connectivity index (χ3v) is 2.98. The third-order valence-electron chi connectivity index (χ3n) is 2.98. The van der Waals surface area contributed by atoms with Crippen LogP contribution in [-0.2, 0) is 0 Å². The fraction of sp³-hybridized carbons (Fsp3) is 0.538. The Morgan fingerprint density at radius 1 is 1.41 bits per heavy atom. The van der Waals surface area contributed by atoms with E-state index in [1.54, 1.807) is 0 Å². The molecule has 0 radical (unpaired) electrons. The van der Waals surface area contributed by atoms with Crippen molar-refractivity contribution in [3.63, 3.8) is 0 Å². The Morgan fingerprint density at radius 2 is 2.12 bits per heavy atom. The zero-order valence-corrected chi connectivity index (χ0v) is 10.3. The summed E-state index contributed by atoms with van der Waals surface area (Å²) in [7, 11) is 0. The summed E-state index contributed by atoms with van der Waals surface area (Å²) in [5.74, 6) is 0.685. The second kappa shape index (κ2) is 5.15. The van der Waals surface area contributed by atoms with Crippen molar-refractivity contribution in [2.75, 3.05) is 13.1 Å². The van der Waals surface area contributed by atoms with Crippen LogP contribution >= 0.6 is 0 Å². The monoisotopic (exact) mass is 231 g/mol. The molecule has 2 heterocycles. The van der Waals surface area contributed by atoms with E-state index < -0.39 is 0 Å². The number of ether oxygens (including phenoxy) is 1. The number of nitrogens with zero attached hydrogens (tertiary/aromatic N) is 2. The molecule has 17 heavy (non-hydrogen) atoms. The van der Waals surface area contributed by atoms with Gasteiger partial charge in [0.15, 0.2) is 0 Å². The van der Waals surface area contributed by atoms with Crippen molar-refractivity contribution in [3.05, 3.63) is 23.0 Å². The van der Waals surface area contributed by atoms with Crippen LogP contribution in [0.2, 0.25) is 0 Å². The van der Waals surface area contributed by atoms with Crippen molar-refractivity contribution in [1.29, 1.82) is 5.26 Å². The van der Waals surface area contributed by atoms with Gasteiger partial charge >= 0.3 is 0 Å². The first-order chi connectivity index (χ1) is 8.20. The van der Waals surface area contributed by atoms with Gasteiger partial charge in [0, 0.05) is 11.8 Å². The lowest BCUT2D eigenvalue weighted by Crippen LogP contribution is -2.34. The molecule has 1 aliphatic rings. The molecular weight excluding hydrogens is 214 g/mol. The fourth-order valence-corrected chi connectivity index (χ4v) is 2.11. The first-order valence-electron chi connectivity index (χ1n) is 5.96. The maximum Gasteiger partial charge on any atom is 0.141 e. The molecule has 0 amide bonds. The summed E-state index contributed by atoms with van der Waals surface area (Å²) >= 11 is 0. The second-order valence-electron chi connectivity index (χ2n) is 4.40. The van der Waals surface area contributed by atoms with Crippen molar-refractivity contribution >= 4 is 0 Å². The Balaban J connectivity index is 2.22. The molecule has 1 fully saturated rings. The normalized spacial score (nSPS) is 16.5. The SMILES string of the molecule is Cc1cc(OC2CCNCC2)c(C#N)c(C)n1. The smallest absolute Gasteiger partial charge is 0.141 e. The van der Waals surface area contributed by atoms with E-state index in [-0.39, 0.29) is 6.10 Å². The highest BCUT2D eigenvalue weighted by atomic mass is 16.5. The van der Waals surface area contributed by atoms with E-state index in [9.17, 15) is 0 Å². The van der Waals surface area contributed by atoms with E-state index in [2.05, 4.69) is 16.4 Å². The lowest BCUT2D eigenvalue weighted by Gasteiger charge is -2.24. The number of hydrogen-bond acceptors (Lipinski definition) is 4. The first-order valence-corrected chi connectivity index (χ1v) is 5.96. The van der Waals surface area contributed by atoms with Gasteiger partial charge in [0.25, 0.3) is 0 Å². The van der Waals surface area contributed by atoms with Gasteiger partial charge in [0.1, 0.15) is 23.5 Å². The number of hydrogen-bond donors (Lipinski definition) is 1. The summed E-state index contributed by atoms with van der Waals surface area (Å²) in [5.41, 5.74) is 2.20. The molecule has 0 spiro atoms. The molecule has 90 valence electrons. The number of aromatic nitrogens is 1. The Kier molecular flexibility index (Phi) is 3.60. The van der Waals surface area contributed by atoms with E-state index >= 15 is 0 Å². The summed E-state index contributed by atoms with van der Waals surface area (Å²) < 4.78 is 5.94. The molecule has 1 aliphatic heterocycles. The second-order valence-corrected chi connectivity index (χ2v) is 4.40. The van der Waals surface area contributed by atoms with Crippen LogP contribution in [0, 0.1) is 25.2 Å². The van der Waals surface area contributed by atoms with Gasteiger partial charge in [0.2, 0.25) is 0 Å². The summed E-state index contributed by atoms with van der Waals surface area (Å²) in [6.45, 7) is 5.73. The summed E-state index contributed by atoms with van der Waals surface area (Å²) in [6, 6.07) is 4.03. The first kappa shape index (κ1) is 11.9. The van der Waals surface area contributed by atoms with Crippen LogP contribution in [0.4, 0.5) is 0 Å². The largest absolute Gasteiger partial charge is 0.489 e. The quantitative estimate of drug-likeness (QED) is 0.841. The van der Waals surface area contributed by atoms with Gasteiger partial charge in [-0.3, -0.25) is 4.98 Å². The number of aryl methyl sites for hydroxylation is 2. The van der Waals surface area contributed by atoms with Gasteiger partial charge in [-0.15, -0.1) is 0 Å². The van der Waals surface area contributed by atoms with Crippen molar-refractivity contribution in [2.45, 2.75) is 32.8 Å². The highest BCUT2D eigenvalue weighted by molar-refractivity contribution is 5.46. The molecule has 0 aromatic carbocycles. The predicted molar refractivity (Wildman–Crippen MR) is 64.9 cm³/mol. The van der Waals surface area contributed by atoms with E-state index in [0.717, 1.165) is 37.3 Å². The predicted octanol–water partition coefficient (Wildman–Crippen LogP) is 1.70. The summed E-state index contributed by atoms with van der Waals surface area (Å²) in [5, 5.41) is 12.4. The molecule has 0 bridgehead atoms. The molecule has 0 aliphatic carbocycles. The van der Waals surface area contributed by atoms with Gasteiger partial charge in [0.05, 0.1) is 5.69 Å². The fourth-order valence-electron chi connectivity index (χ4n) is 2.11. The van der Waals surface area contributed by atoms with Crippen LogP contribution in [0.1, 0.15) is 29.8 Å². The molecule has 2 rings (SSSR count). The molecule has 1 aromatic heterocycles. The van der Waals surface area contributed by atoms with E-state index in [1.165, 1.54) is 0 Å². The Morgan fingerprint density at radius 3 is 2.76 bits per heavy atom. The van der Waals surface area contributed by atoms with Crippen LogP contribution in [0.25, 0.3) is 0 Å². The number of rotatable bonds is 2.